The summed E-state index contributed by atoms with van der Waals surface area (Å²) in [5.74, 6) is 0.0736. The van der Waals surface area contributed by atoms with Crippen molar-refractivity contribution in [3.63, 3.8) is 0 Å². The molecule has 2 aromatic carbocycles. The molecule has 1 atom stereocenters. The van der Waals surface area contributed by atoms with Gasteiger partial charge in [-0.2, -0.15) is 5.26 Å². The van der Waals surface area contributed by atoms with Crippen LogP contribution in [-0.2, 0) is 16.1 Å². The number of nitrogens with zero attached hydrogens (tertiary/aromatic N) is 1. The van der Waals surface area contributed by atoms with Crippen LogP contribution in [0.5, 0.6) is 5.75 Å². The molecule has 0 fully saturated rings. The second-order valence-corrected chi connectivity index (χ2v) is 5.45. The molecule has 0 unspecified atom stereocenters. The van der Waals surface area contributed by atoms with E-state index >= 15 is 0 Å². The molecule has 2 aromatic rings. The van der Waals surface area contributed by atoms with Gasteiger partial charge in [0.2, 0.25) is 0 Å². The number of esters is 1. The van der Waals surface area contributed by atoms with Crippen molar-refractivity contribution in [1.29, 1.82) is 5.26 Å². The first-order valence-corrected chi connectivity index (χ1v) is 7.46. The first kappa shape index (κ1) is 16.1. The minimum atomic E-state index is -0.726. The first-order valence-electron chi connectivity index (χ1n) is 6.67. The van der Waals surface area contributed by atoms with Crippen molar-refractivity contribution >= 4 is 21.9 Å². The molecule has 0 aromatic heterocycles. The highest BCUT2D eigenvalue weighted by Gasteiger charge is 2.16. The van der Waals surface area contributed by atoms with Crippen LogP contribution in [0.4, 0.5) is 0 Å². The molecule has 0 saturated carbocycles. The fourth-order valence-electron chi connectivity index (χ4n) is 1.74. The second-order valence-electron chi connectivity index (χ2n) is 4.60. The van der Waals surface area contributed by atoms with Crippen molar-refractivity contribution in [1.82, 2.24) is 0 Å². The Kier molecular flexibility index (Phi) is 5.56. The van der Waals surface area contributed by atoms with Crippen molar-refractivity contribution in [2.75, 3.05) is 0 Å². The lowest BCUT2D eigenvalue weighted by Crippen LogP contribution is -2.26. The highest BCUT2D eigenvalue weighted by atomic mass is 79.9. The van der Waals surface area contributed by atoms with Gasteiger partial charge < -0.3 is 9.47 Å². The summed E-state index contributed by atoms with van der Waals surface area (Å²) >= 11 is 3.40. The van der Waals surface area contributed by atoms with E-state index in [1.807, 2.05) is 30.3 Å². The summed E-state index contributed by atoms with van der Waals surface area (Å²) in [5, 5.41) is 8.73. The Bertz CT molecular complexity index is 692. The van der Waals surface area contributed by atoms with Crippen molar-refractivity contribution in [3.05, 3.63) is 64.1 Å². The summed E-state index contributed by atoms with van der Waals surface area (Å²) in [4.78, 5) is 11.9. The molecule has 0 radical (unpaired) electrons. The highest BCUT2D eigenvalue weighted by molar-refractivity contribution is 9.10. The summed E-state index contributed by atoms with van der Waals surface area (Å²) in [5.41, 5.74) is 1.43. The van der Waals surface area contributed by atoms with E-state index in [1.54, 1.807) is 31.2 Å². The average Bonchev–Trinajstić information content (AvgIpc) is 2.54. The van der Waals surface area contributed by atoms with Crippen LogP contribution >= 0.6 is 15.9 Å². The van der Waals surface area contributed by atoms with Crippen LogP contribution in [0, 0.1) is 11.3 Å². The maximum absolute atomic E-state index is 11.9. The highest BCUT2D eigenvalue weighted by Crippen LogP contribution is 2.18. The number of ether oxygens (including phenoxy) is 2. The molecule has 0 saturated heterocycles. The first-order chi connectivity index (χ1) is 10.6. The SMILES string of the molecule is C[C@@H](Oc1ccc(C#N)cc1)C(=O)OCc1ccccc1Br. The molecule has 0 spiro atoms. The predicted molar refractivity (Wildman–Crippen MR) is 85.2 cm³/mol. The summed E-state index contributed by atoms with van der Waals surface area (Å²) in [7, 11) is 0. The molecule has 4 nitrogen and oxygen atoms in total. The minimum Gasteiger partial charge on any atom is -0.479 e. The third-order valence-electron chi connectivity index (χ3n) is 2.96. The summed E-state index contributed by atoms with van der Waals surface area (Å²) in [6, 6.07) is 16.1. The molecule has 2 rings (SSSR count). The molecule has 0 heterocycles. The number of hydrogen-bond acceptors (Lipinski definition) is 4. The van der Waals surface area contributed by atoms with Crippen LogP contribution in [0.25, 0.3) is 0 Å². The Balaban J connectivity index is 1.89. The van der Waals surface area contributed by atoms with Gasteiger partial charge in [0.15, 0.2) is 6.10 Å². The van der Waals surface area contributed by atoms with Crippen molar-refractivity contribution < 1.29 is 14.3 Å². The molecule has 0 aliphatic rings. The van der Waals surface area contributed by atoms with Crippen molar-refractivity contribution in [3.8, 4) is 11.8 Å². The number of halogens is 1. The quantitative estimate of drug-likeness (QED) is 0.761. The number of hydrogen-bond donors (Lipinski definition) is 0. The molecular weight excluding hydrogens is 346 g/mol. The maximum Gasteiger partial charge on any atom is 0.347 e. The van der Waals surface area contributed by atoms with Gasteiger partial charge in [0, 0.05) is 10.0 Å². The molecule has 112 valence electrons. The molecule has 0 N–H and O–H groups in total. The number of carbonyl (C=O) groups is 1. The lowest BCUT2D eigenvalue weighted by Gasteiger charge is -2.14. The van der Waals surface area contributed by atoms with E-state index in [9.17, 15) is 4.79 Å². The molecule has 5 heteroatoms. The maximum atomic E-state index is 11.9. The van der Waals surface area contributed by atoms with Gasteiger partial charge in [-0.05, 0) is 37.3 Å². The van der Waals surface area contributed by atoms with Gasteiger partial charge >= 0.3 is 5.97 Å². The smallest absolute Gasteiger partial charge is 0.347 e. The second kappa shape index (κ2) is 7.62. The number of nitriles is 1. The van der Waals surface area contributed by atoms with E-state index in [1.165, 1.54) is 0 Å². The van der Waals surface area contributed by atoms with Crippen LogP contribution in [0.2, 0.25) is 0 Å². The number of benzene rings is 2. The van der Waals surface area contributed by atoms with Gasteiger partial charge in [-0.25, -0.2) is 4.79 Å². The lowest BCUT2D eigenvalue weighted by atomic mass is 10.2. The largest absolute Gasteiger partial charge is 0.479 e. The third kappa shape index (κ3) is 4.34. The van der Waals surface area contributed by atoms with E-state index in [-0.39, 0.29) is 6.61 Å². The van der Waals surface area contributed by atoms with E-state index < -0.39 is 12.1 Å². The Morgan fingerprint density at radius 2 is 1.91 bits per heavy atom. The van der Waals surface area contributed by atoms with E-state index in [4.69, 9.17) is 14.7 Å². The van der Waals surface area contributed by atoms with Gasteiger partial charge in [-0.3, -0.25) is 0 Å². The third-order valence-corrected chi connectivity index (χ3v) is 3.73. The zero-order valence-electron chi connectivity index (χ0n) is 12.0. The fraction of sp³-hybridized carbons (Fsp3) is 0.176. The van der Waals surface area contributed by atoms with E-state index in [2.05, 4.69) is 15.9 Å². The number of carbonyl (C=O) groups excluding carboxylic acids is 1. The van der Waals surface area contributed by atoms with E-state index in [0.717, 1.165) is 10.0 Å². The summed E-state index contributed by atoms with van der Waals surface area (Å²) in [6.45, 7) is 1.81. The zero-order chi connectivity index (χ0) is 15.9. The predicted octanol–water partition coefficient (Wildman–Crippen LogP) is 3.83. The Morgan fingerprint density at radius 1 is 1.23 bits per heavy atom. The Hall–Kier alpha value is -2.32. The fourth-order valence-corrected chi connectivity index (χ4v) is 2.14. The van der Waals surface area contributed by atoms with Gasteiger partial charge in [-0.1, -0.05) is 34.1 Å². The molecule has 22 heavy (non-hydrogen) atoms. The van der Waals surface area contributed by atoms with Crippen LogP contribution in [0.1, 0.15) is 18.1 Å². The van der Waals surface area contributed by atoms with Gasteiger partial charge in [0.25, 0.3) is 0 Å². The Labute approximate surface area is 137 Å². The standard InChI is InChI=1S/C17H14BrNO3/c1-12(22-15-8-6-13(10-19)7-9-15)17(20)21-11-14-4-2-3-5-16(14)18/h2-9,12H,11H2,1H3/t12-/m1/s1. The topological polar surface area (TPSA) is 59.3 Å². The minimum absolute atomic E-state index is 0.182. The summed E-state index contributed by atoms with van der Waals surface area (Å²) < 4.78 is 11.6. The van der Waals surface area contributed by atoms with Crippen molar-refractivity contribution in [2.24, 2.45) is 0 Å². The summed E-state index contributed by atoms with van der Waals surface area (Å²) in [6.07, 6.45) is -0.726. The molecule has 0 bridgehead atoms. The van der Waals surface area contributed by atoms with Crippen LogP contribution in [0.15, 0.2) is 53.0 Å². The van der Waals surface area contributed by atoms with Gasteiger partial charge in [0.1, 0.15) is 12.4 Å². The normalized spacial score (nSPS) is 11.3. The Morgan fingerprint density at radius 3 is 2.55 bits per heavy atom. The van der Waals surface area contributed by atoms with Gasteiger partial charge in [0.05, 0.1) is 11.6 Å². The average molecular weight is 360 g/mol. The van der Waals surface area contributed by atoms with Crippen LogP contribution in [0.3, 0.4) is 0 Å². The zero-order valence-corrected chi connectivity index (χ0v) is 13.5. The lowest BCUT2D eigenvalue weighted by molar-refractivity contribution is -0.152. The monoisotopic (exact) mass is 359 g/mol. The molecule has 0 amide bonds. The van der Waals surface area contributed by atoms with Crippen molar-refractivity contribution in [2.45, 2.75) is 19.6 Å². The number of rotatable bonds is 5. The van der Waals surface area contributed by atoms with Crippen LogP contribution < -0.4 is 4.74 Å². The van der Waals surface area contributed by atoms with Crippen LogP contribution in [-0.4, -0.2) is 12.1 Å². The van der Waals surface area contributed by atoms with E-state index in [0.29, 0.717) is 11.3 Å². The van der Waals surface area contributed by atoms with Gasteiger partial charge in [-0.15, -0.1) is 0 Å². The molecular formula is C17H14BrNO3. The molecule has 0 aliphatic carbocycles. The molecule has 0 aliphatic heterocycles.